The normalized spacial score (nSPS) is 55.1. The molecule has 0 aromatic rings. The van der Waals surface area contributed by atoms with Crippen LogP contribution in [0.1, 0.15) is 58.8 Å². The third-order valence-corrected chi connectivity index (χ3v) is 11.4. The van der Waals surface area contributed by atoms with E-state index in [1.165, 1.54) is 56.5 Å². The average molecular weight is 369 g/mol. The van der Waals surface area contributed by atoms with Gasteiger partial charge in [-0.05, 0) is 105 Å². The first-order chi connectivity index (χ1) is 11.9. The van der Waals surface area contributed by atoms with E-state index in [2.05, 4.69) is 13.2 Å². The van der Waals surface area contributed by atoms with E-state index in [0.717, 1.165) is 30.3 Å². The molecular weight excluding hydrogens is 328 g/mol. The molecule has 146 valence electrons. The summed E-state index contributed by atoms with van der Waals surface area (Å²) in [6.45, 7) is 5.57. The molecule has 3 heteroatoms. The second-order valence-corrected chi connectivity index (χ2v) is 12.8. The minimum atomic E-state index is -0.130. The largest absolute Gasteiger partial charge is 0.393 e. The van der Waals surface area contributed by atoms with Crippen LogP contribution in [0.15, 0.2) is 0 Å². The summed E-state index contributed by atoms with van der Waals surface area (Å²) in [6.07, 6.45) is 12.1. The summed E-state index contributed by atoms with van der Waals surface area (Å²) in [4.78, 5) is 0. The molecular formula is C22H40O2S. The highest BCUT2D eigenvalue weighted by Gasteiger charge is 2.61. The predicted octanol–water partition coefficient (Wildman–Crippen LogP) is 4.50. The zero-order valence-electron chi connectivity index (χ0n) is 16.8. The van der Waals surface area contributed by atoms with E-state index < -0.39 is 0 Å². The second-order valence-electron chi connectivity index (χ2n) is 10.3. The lowest BCUT2D eigenvalue weighted by Crippen LogP contribution is -2.57. The van der Waals surface area contributed by atoms with Crippen molar-refractivity contribution in [3.63, 3.8) is 0 Å². The molecule has 0 radical (unpaired) electrons. The molecule has 2 nitrogen and oxygen atoms in total. The van der Waals surface area contributed by atoms with Crippen molar-refractivity contribution < 1.29 is 9.84 Å². The molecule has 0 aromatic carbocycles. The molecule has 4 fully saturated rings. The van der Waals surface area contributed by atoms with Gasteiger partial charge in [-0.3, -0.25) is 10.9 Å². The van der Waals surface area contributed by atoms with Crippen LogP contribution in [-0.2, 0) is 4.74 Å². The van der Waals surface area contributed by atoms with Crippen molar-refractivity contribution in [3.8, 4) is 0 Å². The van der Waals surface area contributed by atoms with Gasteiger partial charge in [-0.1, -0.05) is 6.92 Å². The Balaban J connectivity index is 1.63. The molecule has 4 rings (SSSR count). The Morgan fingerprint density at radius 3 is 2.64 bits per heavy atom. The molecule has 0 bridgehead atoms. The average Bonchev–Trinajstić information content (AvgIpc) is 2.93. The standard InChI is InChI=1S/C22H40O2S/c1-15(23)18-7-8-19-17-6-5-16-13-25(4)12-11-22(16,14-24-3)20(17)9-10-21(18,19)2/h15-20,23,25H,5-14H2,1-4H3/t15?,16-,17+,18-,19+,20+,21-,22-/m1/s1. The van der Waals surface area contributed by atoms with E-state index in [1.807, 2.05) is 14.0 Å². The zero-order chi connectivity index (χ0) is 17.8. The fourth-order valence-electron chi connectivity index (χ4n) is 8.32. The number of hydrogen-bond acceptors (Lipinski definition) is 2. The summed E-state index contributed by atoms with van der Waals surface area (Å²) >= 11 is 0. The number of aliphatic hydroxyl groups excluding tert-OH is 1. The number of fused-ring (bicyclic) bond motifs is 5. The van der Waals surface area contributed by atoms with Gasteiger partial charge in [0.2, 0.25) is 0 Å². The molecule has 1 heterocycles. The predicted molar refractivity (Wildman–Crippen MR) is 109 cm³/mol. The van der Waals surface area contributed by atoms with E-state index >= 15 is 0 Å². The van der Waals surface area contributed by atoms with Crippen LogP contribution in [0.4, 0.5) is 0 Å². The molecule has 25 heavy (non-hydrogen) atoms. The minimum absolute atomic E-state index is 0.130. The summed E-state index contributed by atoms with van der Waals surface area (Å²) in [7, 11) is 2.21. The van der Waals surface area contributed by atoms with E-state index in [0.29, 0.717) is 16.7 Å². The Kier molecular flexibility index (Phi) is 5.00. The number of hydrogen-bond donors (Lipinski definition) is 2. The molecule has 0 amide bonds. The Labute approximate surface area is 157 Å². The monoisotopic (exact) mass is 368 g/mol. The van der Waals surface area contributed by atoms with E-state index in [9.17, 15) is 5.11 Å². The quantitative estimate of drug-likeness (QED) is 0.718. The van der Waals surface area contributed by atoms with Crippen LogP contribution in [-0.4, -0.2) is 42.7 Å². The van der Waals surface area contributed by atoms with Crippen LogP contribution < -0.4 is 0 Å². The second kappa shape index (κ2) is 6.71. The molecule has 0 aromatic heterocycles. The van der Waals surface area contributed by atoms with Gasteiger partial charge in [0, 0.05) is 12.5 Å². The maximum absolute atomic E-state index is 10.4. The van der Waals surface area contributed by atoms with Crippen LogP contribution in [0.2, 0.25) is 0 Å². The lowest BCUT2D eigenvalue weighted by Gasteiger charge is -2.62. The third kappa shape index (κ3) is 2.74. The van der Waals surface area contributed by atoms with Crippen LogP contribution in [0.3, 0.4) is 0 Å². The van der Waals surface area contributed by atoms with Crippen LogP contribution in [0, 0.1) is 40.4 Å². The maximum Gasteiger partial charge on any atom is 0.0545 e. The van der Waals surface area contributed by atoms with Crippen molar-refractivity contribution in [3.05, 3.63) is 0 Å². The van der Waals surface area contributed by atoms with Crippen molar-refractivity contribution in [2.75, 3.05) is 31.5 Å². The third-order valence-electron chi connectivity index (χ3n) is 9.40. The molecule has 1 aliphatic heterocycles. The first kappa shape index (κ1) is 18.6. The van der Waals surface area contributed by atoms with Crippen LogP contribution >= 0.6 is 10.9 Å². The van der Waals surface area contributed by atoms with Gasteiger partial charge in [-0.2, -0.15) is 0 Å². The number of ether oxygens (including phenoxy) is 1. The molecule has 1 N–H and O–H groups in total. The van der Waals surface area contributed by atoms with Gasteiger partial charge in [0.25, 0.3) is 0 Å². The topological polar surface area (TPSA) is 29.5 Å². The summed E-state index contributed by atoms with van der Waals surface area (Å²) < 4.78 is 5.89. The van der Waals surface area contributed by atoms with Crippen LogP contribution in [0.25, 0.3) is 0 Å². The van der Waals surface area contributed by atoms with Gasteiger partial charge in [-0.15, -0.1) is 0 Å². The van der Waals surface area contributed by atoms with Crippen molar-refractivity contribution in [1.29, 1.82) is 0 Å². The van der Waals surface area contributed by atoms with E-state index in [-0.39, 0.29) is 17.0 Å². The first-order valence-electron chi connectivity index (χ1n) is 10.8. The highest BCUT2D eigenvalue weighted by Crippen LogP contribution is 2.68. The number of rotatable bonds is 3. The molecule has 4 aliphatic rings. The molecule has 2 unspecified atom stereocenters. The van der Waals surface area contributed by atoms with E-state index in [1.54, 1.807) is 0 Å². The van der Waals surface area contributed by atoms with Gasteiger partial charge < -0.3 is 9.84 Å². The van der Waals surface area contributed by atoms with Crippen molar-refractivity contribution >= 4 is 10.9 Å². The van der Waals surface area contributed by atoms with Gasteiger partial charge in [0.05, 0.1) is 12.7 Å². The van der Waals surface area contributed by atoms with Crippen molar-refractivity contribution in [1.82, 2.24) is 0 Å². The fraction of sp³-hybridized carbons (Fsp3) is 1.00. The lowest BCUT2D eigenvalue weighted by molar-refractivity contribution is -0.133. The summed E-state index contributed by atoms with van der Waals surface area (Å²) in [5.74, 6) is 7.07. The highest BCUT2D eigenvalue weighted by molar-refractivity contribution is 8.16. The Morgan fingerprint density at radius 2 is 1.92 bits per heavy atom. The fourth-order valence-corrected chi connectivity index (χ4v) is 10.6. The van der Waals surface area contributed by atoms with Gasteiger partial charge in [0.1, 0.15) is 0 Å². The summed E-state index contributed by atoms with van der Waals surface area (Å²) in [5, 5.41) is 10.4. The molecule has 0 spiro atoms. The maximum atomic E-state index is 10.4. The van der Waals surface area contributed by atoms with Crippen molar-refractivity contribution in [2.24, 2.45) is 40.4 Å². The van der Waals surface area contributed by atoms with Crippen LogP contribution in [0.5, 0.6) is 0 Å². The molecule has 3 aliphatic carbocycles. The zero-order valence-corrected chi connectivity index (χ0v) is 17.7. The van der Waals surface area contributed by atoms with Gasteiger partial charge >= 0.3 is 0 Å². The van der Waals surface area contributed by atoms with Gasteiger partial charge in [0.15, 0.2) is 0 Å². The lowest BCUT2D eigenvalue weighted by atomic mass is 9.46. The Bertz CT molecular complexity index is 494. The first-order valence-corrected chi connectivity index (χ1v) is 12.9. The Hall–Kier alpha value is 0.270. The molecule has 3 saturated carbocycles. The highest BCUT2D eigenvalue weighted by atomic mass is 32.2. The number of aliphatic hydroxyl groups is 1. The minimum Gasteiger partial charge on any atom is -0.393 e. The number of methoxy groups -OCH3 is 1. The molecule has 1 saturated heterocycles. The summed E-state index contributed by atoms with van der Waals surface area (Å²) in [5.41, 5.74) is 0.874. The molecule has 9 atom stereocenters. The summed E-state index contributed by atoms with van der Waals surface area (Å²) in [6, 6.07) is 0. The smallest absolute Gasteiger partial charge is 0.0545 e. The number of thiol groups is 1. The Morgan fingerprint density at radius 1 is 1.12 bits per heavy atom. The van der Waals surface area contributed by atoms with Gasteiger partial charge in [-0.25, -0.2) is 0 Å². The van der Waals surface area contributed by atoms with E-state index in [4.69, 9.17) is 4.74 Å². The van der Waals surface area contributed by atoms with Crippen molar-refractivity contribution in [2.45, 2.75) is 64.9 Å². The SMILES string of the molecule is COC[C@]12CC[SH](C)C[C@H]1CC[C@H]1[C@@H]3CC[C@H](C(C)O)[C@@]3(C)CC[C@@H]12.